The number of nitrogens with one attached hydrogen (secondary N) is 2. The Hall–Kier alpha value is -6.17. The molecule has 2 aliphatic heterocycles. The minimum Gasteiger partial charge on any atom is -0.351 e. The average Bonchev–Trinajstić information content (AvgIpc) is 3.58. The fourth-order valence-corrected chi connectivity index (χ4v) is 7.71. The Balaban J connectivity index is 0.000000160. The van der Waals surface area contributed by atoms with Gasteiger partial charge in [0, 0.05) is 54.3 Å². The molecule has 2 aromatic heterocycles. The van der Waals surface area contributed by atoms with Crippen LogP contribution in [-0.4, -0.2) is 48.7 Å². The largest absolute Gasteiger partial charge is 0.351 e. The summed E-state index contributed by atoms with van der Waals surface area (Å²) >= 11 is 0. The van der Waals surface area contributed by atoms with Gasteiger partial charge in [-0.3, -0.25) is 9.59 Å². The van der Waals surface area contributed by atoms with E-state index in [0.29, 0.717) is 42.1 Å². The van der Waals surface area contributed by atoms with Crippen molar-refractivity contribution < 1.29 is 18.0 Å². The van der Waals surface area contributed by atoms with Gasteiger partial charge in [-0.15, -0.1) is 0 Å². The summed E-state index contributed by atoms with van der Waals surface area (Å²) in [5.41, 5.74) is 10.1. The van der Waals surface area contributed by atoms with Gasteiger partial charge in [-0.1, -0.05) is 42.0 Å². The number of carbonyl (C=O) groups is 2. The molecule has 11 heteroatoms. The van der Waals surface area contributed by atoms with Crippen LogP contribution < -0.4 is 10.6 Å². The molecule has 0 radical (unpaired) electrons. The van der Waals surface area contributed by atoms with Crippen molar-refractivity contribution in [3.63, 3.8) is 0 Å². The first kappa shape index (κ1) is 33.3. The average molecular weight is 695 g/mol. The van der Waals surface area contributed by atoms with Crippen LogP contribution in [0.1, 0.15) is 49.7 Å². The first-order valence-electron chi connectivity index (χ1n) is 16.6. The number of nitriles is 2. The third kappa shape index (κ3) is 6.02. The van der Waals surface area contributed by atoms with Crippen molar-refractivity contribution >= 4 is 43.5 Å². The van der Waals surface area contributed by atoms with Crippen LogP contribution in [0.25, 0.3) is 44.1 Å². The molecular formula is C40H34N6O4S. The molecule has 10 nitrogen and oxygen atoms in total. The summed E-state index contributed by atoms with van der Waals surface area (Å²) in [4.78, 5) is 24.9. The Bertz CT molecular complexity index is 2600. The molecule has 0 atom stereocenters. The highest BCUT2D eigenvalue weighted by atomic mass is 32.2. The molecule has 0 aliphatic carbocycles. The van der Waals surface area contributed by atoms with Gasteiger partial charge in [-0.2, -0.15) is 10.5 Å². The molecule has 8 rings (SSSR count). The van der Waals surface area contributed by atoms with E-state index < -0.39 is 9.84 Å². The van der Waals surface area contributed by atoms with E-state index in [0.717, 1.165) is 62.6 Å². The van der Waals surface area contributed by atoms with Crippen LogP contribution in [0.5, 0.6) is 0 Å². The number of rotatable bonds is 3. The predicted molar refractivity (Wildman–Crippen MR) is 196 cm³/mol. The van der Waals surface area contributed by atoms with E-state index in [1.165, 1.54) is 11.8 Å². The number of aromatic nitrogens is 2. The summed E-state index contributed by atoms with van der Waals surface area (Å²) in [6.45, 7) is 6.70. The van der Waals surface area contributed by atoms with Crippen molar-refractivity contribution in [2.75, 3.05) is 19.3 Å². The van der Waals surface area contributed by atoms with Crippen LogP contribution in [0.4, 0.5) is 0 Å². The minimum atomic E-state index is -3.28. The summed E-state index contributed by atoms with van der Waals surface area (Å²) in [5, 5.41) is 26.4. The number of amides is 2. The Morgan fingerprint density at radius 2 is 1.31 bits per heavy atom. The Morgan fingerprint density at radius 3 is 1.96 bits per heavy atom. The van der Waals surface area contributed by atoms with Gasteiger partial charge in [-0.25, -0.2) is 8.42 Å². The van der Waals surface area contributed by atoms with Crippen LogP contribution in [0, 0.1) is 36.5 Å². The second-order valence-electron chi connectivity index (χ2n) is 12.9. The quantitative estimate of drug-likeness (QED) is 0.223. The maximum Gasteiger partial charge on any atom is 0.268 e. The summed E-state index contributed by atoms with van der Waals surface area (Å²) in [6.07, 6.45) is 1.98. The van der Waals surface area contributed by atoms with Crippen LogP contribution in [0.2, 0.25) is 0 Å². The summed E-state index contributed by atoms with van der Waals surface area (Å²) in [6, 6.07) is 28.5. The number of fused-ring (bicyclic) bond motifs is 6. The van der Waals surface area contributed by atoms with Gasteiger partial charge in [0.05, 0.1) is 39.2 Å². The number of benzene rings is 4. The lowest BCUT2D eigenvalue weighted by atomic mass is 9.98. The number of hydrogen-bond donors (Lipinski definition) is 2. The standard InChI is InChI=1S/C20H17N3O3S.C20H17N3O/c1-27(25,26)16-5-3-14(4-6-16)17-10-13(12-21)9-15-11-18-20(24)22-7-2-8-23(18)19(15)17;1-12-3-5-15(6-4-12)17-10-14(11-21)9-16-13(2)18-20(24)22-7-8-23(18)19(16)17/h3-6,9-11H,2,7-8H2,1H3,(H,22,24);3-6,9-10H,7-8H2,1-2H3,(H,22,24). The molecule has 4 heterocycles. The van der Waals surface area contributed by atoms with Crippen molar-refractivity contribution in [3.8, 4) is 34.4 Å². The first-order chi connectivity index (χ1) is 24.5. The zero-order chi connectivity index (χ0) is 36.0. The molecule has 2 N–H and O–H groups in total. The molecule has 2 amide bonds. The maximum absolute atomic E-state index is 12.4. The molecule has 51 heavy (non-hydrogen) atoms. The van der Waals surface area contributed by atoms with Crippen molar-refractivity contribution in [1.82, 2.24) is 19.8 Å². The van der Waals surface area contributed by atoms with Gasteiger partial charge in [0.25, 0.3) is 11.8 Å². The third-order valence-corrected chi connectivity index (χ3v) is 10.7. The van der Waals surface area contributed by atoms with E-state index in [1.54, 1.807) is 36.4 Å². The lowest BCUT2D eigenvalue weighted by molar-refractivity contribution is 0.0925. The fourth-order valence-electron chi connectivity index (χ4n) is 7.08. The SMILES string of the molecule is CS(=O)(=O)c1ccc(-c2cc(C#N)cc3cc4n(c23)CCCNC4=O)cc1.Cc1ccc(-c2cc(C#N)cc3c(C)c4n(c23)CCNC4=O)cc1. The highest BCUT2D eigenvalue weighted by molar-refractivity contribution is 7.90. The second kappa shape index (κ2) is 12.9. The Labute approximate surface area is 295 Å². The van der Waals surface area contributed by atoms with Gasteiger partial charge in [-0.05, 0) is 79.4 Å². The highest BCUT2D eigenvalue weighted by Crippen LogP contribution is 2.37. The normalized spacial score (nSPS) is 13.9. The second-order valence-corrected chi connectivity index (χ2v) is 15.0. The first-order valence-corrected chi connectivity index (χ1v) is 18.5. The molecule has 0 unspecified atom stereocenters. The molecule has 254 valence electrons. The number of carbonyl (C=O) groups excluding carboxylic acids is 2. The van der Waals surface area contributed by atoms with Gasteiger partial charge >= 0.3 is 0 Å². The fraction of sp³-hybridized carbons (Fsp3) is 0.200. The molecule has 0 saturated carbocycles. The topological polar surface area (TPSA) is 150 Å². The number of aryl methyl sites for hydroxylation is 3. The summed E-state index contributed by atoms with van der Waals surface area (Å²) in [7, 11) is -3.28. The lowest BCUT2D eigenvalue weighted by Crippen LogP contribution is -2.35. The smallest absolute Gasteiger partial charge is 0.268 e. The number of hydrogen-bond acceptors (Lipinski definition) is 6. The zero-order valence-electron chi connectivity index (χ0n) is 28.4. The Kier molecular flexibility index (Phi) is 8.46. The van der Waals surface area contributed by atoms with Crippen LogP contribution >= 0.6 is 0 Å². The molecule has 0 bridgehead atoms. The molecule has 0 spiro atoms. The summed E-state index contributed by atoms with van der Waals surface area (Å²) < 4.78 is 27.5. The van der Waals surface area contributed by atoms with E-state index in [4.69, 9.17) is 0 Å². The number of sulfone groups is 1. The van der Waals surface area contributed by atoms with E-state index >= 15 is 0 Å². The molecule has 4 aromatic carbocycles. The Morgan fingerprint density at radius 1 is 0.706 bits per heavy atom. The third-order valence-electron chi connectivity index (χ3n) is 9.53. The molecule has 0 saturated heterocycles. The van der Waals surface area contributed by atoms with Gasteiger partial charge in [0.1, 0.15) is 11.4 Å². The molecule has 2 aliphatic rings. The monoisotopic (exact) mass is 694 g/mol. The zero-order valence-corrected chi connectivity index (χ0v) is 29.2. The van der Waals surface area contributed by atoms with E-state index in [2.05, 4.69) is 58.5 Å². The van der Waals surface area contributed by atoms with E-state index in [-0.39, 0.29) is 16.7 Å². The van der Waals surface area contributed by atoms with Crippen molar-refractivity contribution in [2.45, 2.75) is 38.3 Å². The van der Waals surface area contributed by atoms with E-state index in [1.807, 2.05) is 29.7 Å². The van der Waals surface area contributed by atoms with Crippen LogP contribution in [0.15, 0.2) is 83.8 Å². The van der Waals surface area contributed by atoms with Crippen molar-refractivity contribution in [3.05, 3.63) is 113 Å². The molecule has 0 fully saturated rings. The van der Waals surface area contributed by atoms with Crippen molar-refractivity contribution in [2.24, 2.45) is 0 Å². The van der Waals surface area contributed by atoms with Crippen LogP contribution in [-0.2, 0) is 22.9 Å². The predicted octanol–water partition coefficient (Wildman–Crippen LogP) is 6.26. The van der Waals surface area contributed by atoms with Crippen LogP contribution in [0.3, 0.4) is 0 Å². The maximum atomic E-state index is 12.4. The molecular weight excluding hydrogens is 661 g/mol. The van der Waals surface area contributed by atoms with Gasteiger partial charge < -0.3 is 19.8 Å². The van der Waals surface area contributed by atoms with Crippen molar-refractivity contribution in [1.29, 1.82) is 10.5 Å². The molecule has 6 aromatic rings. The highest BCUT2D eigenvalue weighted by Gasteiger charge is 2.26. The summed E-state index contributed by atoms with van der Waals surface area (Å²) in [5.74, 6) is -0.163. The number of nitrogens with zero attached hydrogens (tertiary/aromatic N) is 4. The van der Waals surface area contributed by atoms with E-state index in [9.17, 15) is 28.5 Å². The minimum absolute atomic E-state index is 0.0386. The van der Waals surface area contributed by atoms with Gasteiger partial charge in [0.15, 0.2) is 9.84 Å². The van der Waals surface area contributed by atoms with Gasteiger partial charge in [0.2, 0.25) is 0 Å². The lowest BCUT2D eigenvalue weighted by Gasteiger charge is -2.18.